The van der Waals surface area contributed by atoms with Crippen LogP contribution in [0, 0.1) is 0 Å². The van der Waals surface area contributed by atoms with Gasteiger partial charge in [-0.2, -0.15) is 0 Å². The zero-order valence-corrected chi connectivity index (χ0v) is 8.59. The third kappa shape index (κ3) is 1.71. The number of hydrogen-bond donors (Lipinski definition) is 0. The van der Waals surface area contributed by atoms with Gasteiger partial charge >= 0.3 is 0 Å². The first kappa shape index (κ1) is 9.01. The van der Waals surface area contributed by atoms with Gasteiger partial charge < -0.3 is 0 Å². The van der Waals surface area contributed by atoms with E-state index in [-0.39, 0.29) is 5.41 Å². The van der Waals surface area contributed by atoms with E-state index in [1.165, 1.54) is 12.0 Å². The Kier molecular flexibility index (Phi) is 2.29. The Morgan fingerprint density at radius 2 is 2.46 bits per heavy atom. The van der Waals surface area contributed by atoms with E-state index in [2.05, 4.69) is 18.0 Å². The summed E-state index contributed by atoms with van der Waals surface area (Å²) in [6.07, 6.45) is 7.19. The molecule has 13 heavy (non-hydrogen) atoms. The maximum absolute atomic E-state index is 6.13. The van der Waals surface area contributed by atoms with Crippen LogP contribution < -0.4 is 0 Å². The number of aromatic nitrogens is 1. The van der Waals surface area contributed by atoms with Crippen LogP contribution in [-0.4, -0.2) is 10.4 Å². The molecule has 0 N–H and O–H groups in total. The molecule has 0 amide bonds. The number of alkyl halides is 1. The minimum Gasteiger partial charge on any atom is -0.264 e. The lowest BCUT2D eigenvalue weighted by Gasteiger charge is -2.23. The zero-order valence-electron chi connectivity index (χ0n) is 7.83. The van der Waals surface area contributed by atoms with E-state index in [4.69, 9.17) is 11.6 Å². The van der Waals surface area contributed by atoms with Crippen LogP contribution in [0.25, 0.3) is 0 Å². The van der Waals surface area contributed by atoms with Crippen molar-refractivity contribution in [1.29, 1.82) is 0 Å². The predicted octanol–water partition coefficient (Wildman–Crippen LogP) is 3.13. The summed E-state index contributed by atoms with van der Waals surface area (Å²) < 4.78 is 0. The molecule has 1 nitrogen and oxygen atoms in total. The number of rotatable bonds is 1. The summed E-state index contributed by atoms with van der Waals surface area (Å²) in [6, 6.07) is 4.16. The van der Waals surface area contributed by atoms with E-state index >= 15 is 0 Å². The normalized spacial score (nSPS) is 33.5. The van der Waals surface area contributed by atoms with Gasteiger partial charge in [-0.1, -0.05) is 13.0 Å². The molecule has 0 radical (unpaired) electrons. The van der Waals surface area contributed by atoms with Crippen molar-refractivity contribution >= 4 is 11.6 Å². The van der Waals surface area contributed by atoms with Crippen molar-refractivity contribution in [2.24, 2.45) is 0 Å². The van der Waals surface area contributed by atoms with E-state index in [1.54, 1.807) is 0 Å². The Morgan fingerprint density at radius 1 is 1.62 bits per heavy atom. The Balaban J connectivity index is 2.26. The number of halogens is 1. The van der Waals surface area contributed by atoms with Gasteiger partial charge in [-0.15, -0.1) is 11.6 Å². The molecule has 1 aliphatic rings. The molecule has 1 aliphatic carbocycles. The lowest BCUT2D eigenvalue weighted by atomic mass is 9.82. The molecule has 1 heterocycles. The lowest BCUT2D eigenvalue weighted by Crippen LogP contribution is -2.17. The fourth-order valence-corrected chi connectivity index (χ4v) is 2.60. The fourth-order valence-electron chi connectivity index (χ4n) is 2.15. The smallest absolute Gasteiger partial charge is 0.0344 e. The summed E-state index contributed by atoms with van der Waals surface area (Å²) in [5.41, 5.74) is 1.60. The maximum Gasteiger partial charge on any atom is 0.0344 e. The van der Waals surface area contributed by atoms with Crippen LogP contribution in [0.2, 0.25) is 0 Å². The third-order valence-electron chi connectivity index (χ3n) is 3.04. The van der Waals surface area contributed by atoms with Crippen molar-refractivity contribution in [2.45, 2.75) is 37.0 Å². The highest BCUT2D eigenvalue weighted by Crippen LogP contribution is 2.42. The highest BCUT2D eigenvalue weighted by molar-refractivity contribution is 6.20. The molecule has 2 heteroatoms. The van der Waals surface area contributed by atoms with Gasteiger partial charge in [-0.05, 0) is 36.3 Å². The van der Waals surface area contributed by atoms with Gasteiger partial charge in [0.2, 0.25) is 0 Å². The van der Waals surface area contributed by atoms with Crippen LogP contribution in [0.15, 0.2) is 24.5 Å². The standard InChI is InChI=1S/C11H14ClN/c1-11(5-4-10(12)7-11)9-3-2-6-13-8-9/h2-3,6,8,10H,4-5,7H2,1H3. The minimum absolute atomic E-state index is 0.265. The molecule has 1 aromatic rings. The Morgan fingerprint density at radius 3 is 3.00 bits per heavy atom. The van der Waals surface area contributed by atoms with Crippen molar-refractivity contribution in [3.8, 4) is 0 Å². The van der Waals surface area contributed by atoms with Gasteiger partial charge in [0, 0.05) is 17.8 Å². The summed E-state index contributed by atoms with van der Waals surface area (Å²) in [5, 5.41) is 0.352. The maximum atomic E-state index is 6.13. The topological polar surface area (TPSA) is 12.9 Å². The van der Waals surface area contributed by atoms with E-state index < -0.39 is 0 Å². The van der Waals surface area contributed by atoms with Crippen molar-refractivity contribution in [1.82, 2.24) is 4.98 Å². The molecule has 70 valence electrons. The Hall–Kier alpha value is -0.560. The average molecular weight is 196 g/mol. The first-order chi connectivity index (χ1) is 6.21. The summed E-state index contributed by atoms with van der Waals surface area (Å²) in [7, 11) is 0. The second-order valence-electron chi connectivity index (χ2n) is 4.14. The Bertz CT molecular complexity index is 285. The second-order valence-corrected chi connectivity index (χ2v) is 4.76. The van der Waals surface area contributed by atoms with Gasteiger partial charge in [0.1, 0.15) is 0 Å². The molecule has 0 aromatic carbocycles. The van der Waals surface area contributed by atoms with Gasteiger partial charge in [0.05, 0.1) is 0 Å². The SMILES string of the molecule is CC1(c2cccnc2)CCC(Cl)C1. The quantitative estimate of drug-likeness (QED) is 0.628. The summed E-state index contributed by atoms with van der Waals surface area (Å²) in [5.74, 6) is 0. The second kappa shape index (κ2) is 3.30. The lowest BCUT2D eigenvalue weighted by molar-refractivity contribution is 0.490. The van der Waals surface area contributed by atoms with E-state index in [9.17, 15) is 0 Å². The zero-order chi connectivity index (χ0) is 9.31. The monoisotopic (exact) mass is 195 g/mol. The van der Waals surface area contributed by atoms with Crippen molar-refractivity contribution in [3.63, 3.8) is 0 Å². The first-order valence-corrected chi connectivity index (χ1v) is 5.19. The van der Waals surface area contributed by atoms with Crippen LogP contribution in [-0.2, 0) is 5.41 Å². The molecule has 2 unspecified atom stereocenters. The molecular formula is C11H14ClN. The summed E-state index contributed by atoms with van der Waals surface area (Å²) >= 11 is 6.13. The van der Waals surface area contributed by atoms with Crippen molar-refractivity contribution in [3.05, 3.63) is 30.1 Å². The number of nitrogens with zero attached hydrogens (tertiary/aromatic N) is 1. The van der Waals surface area contributed by atoms with E-state index in [1.807, 2.05) is 18.5 Å². The van der Waals surface area contributed by atoms with E-state index in [0.29, 0.717) is 5.38 Å². The molecule has 2 rings (SSSR count). The molecule has 1 fully saturated rings. The predicted molar refractivity (Wildman–Crippen MR) is 55.1 cm³/mol. The van der Waals surface area contributed by atoms with Crippen molar-refractivity contribution in [2.75, 3.05) is 0 Å². The van der Waals surface area contributed by atoms with Crippen LogP contribution >= 0.6 is 11.6 Å². The molecule has 0 saturated heterocycles. The molecule has 1 saturated carbocycles. The van der Waals surface area contributed by atoms with Gasteiger partial charge in [0.25, 0.3) is 0 Å². The number of pyridine rings is 1. The van der Waals surface area contributed by atoms with E-state index in [0.717, 1.165) is 12.8 Å². The third-order valence-corrected chi connectivity index (χ3v) is 3.41. The minimum atomic E-state index is 0.265. The molecular weight excluding hydrogens is 182 g/mol. The van der Waals surface area contributed by atoms with Crippen LogP contribution in [0.5, 0.6) is 0 Å². The molecule has 2 atom stereocenters. The molecule has 0 bridgehead atoms. The number of hydrogen-bond acceptors (Lipinski definition) is 1. The van der Waals surface area contributed by atoms with Crippen LogP contribution in [0.4, 0.5) is 0 Å². The van der Waals surface area contributed by atoms with Crippen molar-refractivity contribution < 1.29 is 0 Å². The Labute approximate surface area is 84.1 Å². The van der Waals surface area contributed by atoms with Crippen LogP contribution in [0.1, 0.15) is 31.7 Å². The average Bonchev–Trinajstić information content (AvgIpc) is 2.49. The first-order valence-electron chi connectivity index (χ1n) is 4.75. The highest BCUT2D eigenvalue weighted by atomic mass is 35.5. The molecule has 0 aliphatic heterocycles. The van der Waals surface area contributed by atoms with Gasteiger partial charge in [0.15, 0.2) is 0 Å². The molecule has 1 aromatic heterocycles. The van der Waals surface area contributed by atoms with Crippen LogP contribution in [0.3, 0.4) is 0 Å². The molecule has 0 spiro atoms. The van der Waals surface area contributed by atoms with Gasteiger partial charge in [-0.25, -0.2) is 0 Å². The largest absolute Gasteiger partial charge is 0.264 e. The summed E-state index contributed by atoms with van der Waals surface area (Å²) in [4.78, 5) is 4.16. The summed E-state index contributed by atoms with van der Waals surface area (Å²) in [6.45, 7) is 2.28. The van der Waals surface area contributed by atoms with Gasteiger partial charge in [-0.3, -0.25) is 4.98 Å². The fraction of sp³-hybridized carbons (Fsp3) is 0.545. The highest BCUT2D eigenvalue weighted by Gasteiger charge is 2.35.